The molecule has 1 fully saturated rings. The second-order valence-corrected chi connectivity index (χ2v) is 4.57. The minimum atomic E-state index is -0.252. The van der Waals surface area contributed by atoms with E-state index in [1.807, 2.05) is 0 Å². The zero-order valence-electron chi connectivity index (χ0n) is 9.90. The van der Waals surface area contributed by atoms with Gasteiger partial charge >= 0.3 is 0 Å². The number of likely N-dealkylation sites (tertiary alicyclic amines) is 1. The molecule has 2 N–H and O–H groups in total. The summed E-state index contributed by atoms with van der Waals surface area (Å²) < 4.78 is 0. The number of nitrogens with zero attached hydrogens (tertiary/aromatic N) is 1. The number of carbonyl (C=O) groups is 1. The molecule has 2 rings (SSSR count). The molecule has 1 amide bonds. The van der Waals surface area contributed by atoms with Crippen LogP contribution in [0.4, 0.5) is 0 Å². The molecule has 1 atom stereocenters. The largest absolute Gasteiger partial charge is 0.352 e. The highest BCUT2D eigenvalue weighted by atomic mass is 16.2. The Hall–Kier alpha value is -1.62. The number of amides is 1. The van der Waals surface area contributed by atoms with Crippen LogP contribution in [0.3, 0.4) is 0 Å². The van der Waals surface area contributed by atoms with E-state index in [1.165, 1.54) is 12.3 Å². The minimum absolute atomic E-state index is 0.175. The summed E-state index contributed by atoms with van der Waals surface area (Å²) in [5.74, 6) is 0.344. The zero-order valence-corrected chi connectivity index (χ0v) is 9.90. The van der Waals surface area contributed by atoms with Gasteiger partial charge in [-0.2, -0.15) is 0 Å². The van der Waals surface area contributed by atoms with Gasteiger partial charge in [0.2, 0.25) is 5.56 Å². The van der Waals surface area contributed by atoms with Gasteiger partial charge in [-0.3, -0.25) is 9.59 Å². The third-order valence-corrected chi connectivity index (χ3v) is 3.08. The van der Waals surface area contributed by atoms with Gasteiger partial charge in [-0.1, -0.05) is 0 Å². The van der Waals surface area contributed by atoms with E-state index in [-0.39, 0.29) is 11.5 Å². The number of carbonyl (C=O) groups excluding carboxylic acids is 1. The van der Waals surface area contributed by atoms with Crippen LogP contribution in [0, 0.1) is 5.92 Å². The van der Waals surface area contributed by atoms with Crippen molar-refractivity contribution in [1.29, 1.82) is 0 Å². The molecule has 92 valence electrons. The molecule has 17 heavy (non-hydrogen) atoms. The summed E-state index contributed by atoms with van der Waals surface area (Å²) in [6, 6.07) is 2.92. The Morgan fingerprint density at radius 1 is 1.65 bits per heavy atom. The average molecular weight is 235 g/mol. The molecule has 0 aromatic carbocycles. The summed E-state index contributed by atoms with van der Waals surface area (Å²) in [7, 11) is 2.08. The summed E-state index contributed by atoms with van der Waals surface area (Å²) in [6.45, 7) is 2.79. The van der Waals surface area contributed by atoms with Crippen LogP contribution in [0.25, 0.3) is 0 Å². The Morgan fingerprint density at radius 3 is 3.12 bits per heavy atom. The maximum atomic E-state index is 11.8. The molecule has 2 heterocycles. The summed E-state index contributed by atoms with van der Waals surface area (Å²) in [5, 5.41) is 2.87. The van der Waals surface area contributed by atoms with Crippen LogP contribution in [-0.4, -0.2) is 42.5 Å². The predicted octanol–water partition coefficient (Wildman–Crippen LogP) is 0.0564. The topological polar surface area (TPSA) is 65.2 Å². The Bertz CT molecular complexity index is 455. The van der Waals surface area contributed by atoms with Crippen LogP contribution in [-0.2, 0) is 0 Å². The number of nitrogens with one attached hydrogen (secondary N) is 2. The molecule has 5 heteroatoms. The molecule has 0 spiro atoms. The van der Waals surface area contributed by atoms with Crippen molar-refractivity contribution in [1.82, 2.24) is 15.2 Å². The van der Waals surface area contributed by atoms with E-state index in [0.29, 0.717) is 18.0 Å². The predicted molar refractivity (Wildman–Crippen MR) is 65.0 cm³/mol. The SMILES string of the molecule is CN1CCC(CNC(=O)c2cc[nH]c(=O)c2)C1. The van der Waals surface area contributed by atoms with E-state index in [2.05, 4.69) is 22.2 Å². The van der Waals surface area contributed by atoms with Gasteiger partial charge < -0.3 is 15.2 Å². The lowest BCUT2D eigenvalue weighted by Crippen LogP contribution is -2.31. The molecule has 0 saturated carbocycles. The quantitative estimate of drug-likeness (QED) is 0.778. The van der Waals surface area contributed by atoms with Crippen molar-refractivity contribution in [3.8, 4) is 0 Å². The fourth-order valence-electron chi connectivity index (χ4n) is 2.12. The first kappa shape index (κ1) is 11.9. The molecule has 0 bridgehead atoms. The van der Waals surface area contributed by atoms with Crippen molar-refractivity contribution < 1.29 is 4.79 Å². The lowest BCUT2D eigenvalue weighted by Gasteiger charge is -2.11. The lowest BCUT2D eigenvalue weighted by molar-refractivity contribution is 0.0947. The van der Waals surface area contributed by atoms with Crippen LogP contribution >= 0.6 is 0 Å². The highest BCUT2D eigenvalue weighted by Crippen LogP contribution is 2.12. The third kappa shape index (κ3) is 3.17. The van der Waals surface area contributed by atoms with E-state index >= 15 is 0 Å². The Kier molecular flexibility index (Phi) is 3.58. The Labute approximate surface area is 99.8 Å². The standard InChI is InChI=1S/C12H17N3O2/c1-15-5-3-9(8-15)7-14-12(17)10-2-4-13-11(16)6-10/h2,4,6,9H,3,5,7-8H2,1H3,(H,13,16)(H,14,17). The van der Waals surface area contributed by atoms with Crippen molar-refractivity contribution >= 4 is 5.91 Å². The number of H-pyrrole nitrogens is 1. The first-order chi connectivity index (χ1) is 8.15. The van der Waals surface area contributed by atoms with Crippen LogP contribution in [0.5, 0.6) is 0 Å². The van der Waals surface area contributed by atoms with Crippen molar-refractivity contribution in [3.05, 3.63) is 34.2 Å². The van der Waals surface area contributed by atoms with E-state index in [0.717, 1.165) is 19.5 Å². The van der Waals surface area contributed by atoms with Gasteiger partial charge in [-0.25, -0.2) is 0 Å². The van der Waals surface area contributed by atoms with Gasteiger partial charge in [-0.05, 0) is 32.0 Å². The zero-order chi connectivity index (χ0) is 12.3. The van der Waals surface area contributed by atoms with Gasteiger partial charge in [0.25, 0.3) is 5.91 Å². The molecule has 1 aromatic heterocycles. The van der Waals surface area contributed by atoms with E-state index in [9.17, 15) is 9.59 Å². The highest BCUT2D eigenvalue weighted by molar-refractivity contribution is 5.93. The number of aromatic amines is 1. The monoisotopic (exact) mass is 235 g/mol. The van der Waals surface area contributed by atoms with Crippen molar-refractivity contribution in [3.63, 3.8) is 0 Å². The second kappa shape index (κ2) is 5.14. The molecule has 0 radical (unpaired) electrons. The van der Waals surface area contributed by atoms with E-state index in [1.54, 1.807) is 6.07 Å². The first-order valence-corrected chi connectivity index (χ1v) is 5.80. The smallest absolute Gasteiger partial charge is 0.251 e. The van der Waals surface area contributed by atoms with Crippen molar-refractivity contribution in [2.45, 2.75) is 6.42 Å². The highest BCUT2D eigenvalue weighted by Gasteiger charge is 2.19. The van der Waals surface area contributed by atoms with Crippen molar-refractivity contribution in [2.24, 2.45) is 5.92 Å². The van der Waals surface area contributed by atoms with Crippen LogP contribution in [0.2, 0.25) is 0 Å². The normalized spacial score (nSPS) is 20.4. The van der Waals surface area contributed by atoms with Crippen LogP contribution in [0.15, 0.2) is 23.1 Å². The molecule has 1 aromatic rings. The number of hydrogen-bond acceptors (Lipinski definition) is 3. The van der Waals surface area contributed by atoms with Crippen molar-refractivity contribution in [2.75, 3.05) is 26.7 Å². The molecule has 5 nitrogen and oxygen atoms in total. The fourth-order valence-corrected chi connectivity index (χ4v) is 2.12. The number of hydrogen-bond donors (Lipinski definition) is 2. The van der Waals surface area contributed by atoms with Gasteiger partial charge in [0.05, 0.1) is 0 Å². The van der Waals surface area contributed by atoms with Crippen LogP contribution < -0.4 is 10.9 Å². The summed E-state index contributed by atoms with van der Waals surface area (Å²) in [6.07, 6.45) is 2.60. The molecule has 1 aliphatic rings. The summed E-state index contributed by atoms with van der Waals surface area (Å²) >= 11 is 0. The van der Waals surface area contributed by atoms with Gasteiger partial charge in [-0.15, -0.1) is 0 Å². The molecule has 1 aliphatic heterocycles. The molecular formula is C12H17N3O2. The molecule has 1 saturated heterocycles. The van der Waals surface area contributed by atoms with Gasteiger partial charge in [0.1, 0.15) is 0 Å². The maximum absolute atomic E-state index is 11.8. The summed E-state index contributed by atoms with van der Waals surface area (Å²) in [5.41, 5.74) is 0.165. The Morgan fingerprint density at radius 2 is 2.47 bits per heavy atom. The number of aromatic nitrogens is 1. The van der Waals surface area contributed by atoms with Gasteiger partial charge in [0.15, 0.2) is 0 Å². The number of rotatable bonds is 3. The lowest BCUT2D eigenvalue weighted by atomic mass is 10.1. The Balaban J connectivity index is 1.87. The molecular weight excluding hydrogens is 218 g/mol. The fraction of sp³-hybridized carbons (Fsp3) is 0.500. The number of pyridine rings is 1. The third-order valence-electron chi connectivity index (χ3n) is 3.08. The maximum Gasteiger partial charge on any atom is 0.251 e. The van der Waals surface area contributed by atoms with Gasteiger partial charge in [0, 0.05) is 30.9 Å². The molecule has 1 unspecified atom stereocenters. The second-order valence-electron chi connectivity index (χ2n) is 4.57. The molecule has 0 aliphatic carbocycles. The van der Waals surface area contributed by atoms with Crippen LogP contribution in [0.1, 0.15) is 16.8 Å². The average Bonchev–Trinajstić information content (AvgIpc) is 2.72. The van der Waals surface area contributed by atoms with E-state index in [4.69, 9.17) is 0 Å². The van der Waals surface area contributed by atoms with E-state index < -0.39 is 0 Å². The minimum Gasteiger partial charge on any atom is -0.352 e. The first-order valence-electron chi connectivity index (χ1n) is 5.80. The summed E-state index contributed by atoms with van der Waals surface area (Å²) in [4.78, 5) is 27.6.